The maximum absolute atomic E-state index is 11.6. The number of hydrogen-bond donors (Lipinski definition) is 0. The molecule has 1 atom stereocenters. The van der Waals surface area contributed by atoms with Crippen LogP contribution in [0.4, 0.5) is 5.69 Å². The molecule has 0 amide bonds. The van der Waals surface area contributed by atoms with Crippen LogP contribution in [-0.4, -0.2) is 18.0 Å². The van der Waals surface area contributed by atoms with Gasteiger partial charge in [-0.25, -0.2) is 0 Å². The third-order valence-corrected chi connectivity index (χ3v) is 2.74. The van der Waals surface area contributed by atoms with Gasteiger partial charge in [-0.3, -0.25) is 14.9 Å². The molecule has 0 aromatic heterocycles. The zero-order valence-electron chi connectivity index (χ0n) is 10.1. The number of hydrogen-bond acceptors (Lipinski definition) is 4. The molecule has 0 bridgehead atoms. The summed E-state index contributed by atoms with van der Waals surface area (Å²) in [6.07, 6.45) is 0.550. The van der Waals surface area contributed by atoms with E-state index in [1.807, 2.05) is 13.8 Å². The third kappa shape index (κ3) is 2.81. The van der Waals surface area contributed by atoms with Gasteiger partial charge in [-0.1, -0.05) is 13.0 Å². The summed E-state index contributed by atoms with van der Waals surface area (Å²) in [5.74, 6) is -0.809. The molecule has 0 radical (unpaired) electrons. The zero-order chi connectivity index (χ0) is 13.0. The first kappa shape index (κ1) is 13.2. The maximum Gasteiger partial charge on any atom is 0.313 e. The lowest BCUT2D eigenvalue weighted by Gasteiger charge is -2.14. The van der Waals surface area contributed by atoms with Crippen molar-refractivity contribution in [1.82, 2.24) is 0 Å². The SMILES string of the molecule is CCC(C(=O)OC)c1cc([N+](=O)[O-])ccc1C. The summed E-state index contributed by atoms with van der Waals surface area (Å²) in [7, 11) is 1.32. The van der Waals surface area contributed by atoms with Crippen molar-refractivity contribution in [3.05, 3.63) is 39.4 Å². The number of esters is 1. The Balaban J connectivity index is 3.22. The lowest BCUT2D eigenvalue weighted by molar-refractivity contribution is -0.384. The lowest BCUT2D eigenvalue weighted by atomic mass is 9.92. The fourth-order valence-electron chi connectivity index (χ4n) is 1.77. The second-order valence-corrected chi connectivity index (χ2v) is 3.78. The van der Waals surface area contributed by atoms with E-state index >= 15 is 0 Å². The molecule has 1 aromatic carbocycles. The summed E-state index contributed by atoms with van der Waals surface area (Å²) in [5, 5.41) is 10.7. The average molecular weight is 237 g/mol. The molecule has 0 aliphatic carbocycles. The van der Waals surface area contributed by atoms with Gasteiger partial charge in [-0.15, -0.1) is 0 Å². The minimum Gasteiger partial charge on any atom is -0.469 e. The number of methoxy groups -OCH3 is 1. The van der Waals surface area contributed by atoms with Crippen molar-refractivity contribution in [3.63, 3.8) is 0 Å². The first-order valence-electron chi connectivity index (χ1n) is 5.34. The van der Waals surface area contributed by atoms with E-state index in [1.54, 1.807) is 6.07 Å². The largest absolute Gasteiger partial charge is 0.469 e. The van der Waals surface area contributed by atoms with Gasteiger partial charge in [-0.05, 0) is 24.5 Å². The van der Waals surface area contributed by atoms with Crippen molar-refractivity contribution in [1.29, 1.82) is 0 Å². The molecule has 5 nitrogen and oxygen atoms in total. The van der Waals surface area contributed by atoms with E-state index < -0.39 is 10.8 Å². The van der Waals surface area contributed by atoms with Gasteiger partial charge in [0.15, 0.2) is 0 Å². The van der Waals surface area contributed by atoms with E-state index in [9.17, 15) is 14.9 Å². The van der Waals surface area contributed by atoms with Gasteiger partial charge in [0.2, 0.25) is 0 Å². The zero-order valence-corrected chi connectivity index (χ0v) is 10.1. The first-order valence-corrected chi connectivity index (χ1v) is 5.34. The summed E-state index contributed by atoms with van der Waals surface area (Å²) >= 11 is 0. The van der Waals surface area contributed by atoms with Gasteiger partial charge in [0.05, 0.1) is 18.0 Å². The van der Waals surface area contributed by atoms with Gasteiger partial charge in [0.25, 0.3) is 5.69 Å². The van der Waals surface area contributed by atoms with Crippen LogP contribution < -0.4 is 0 Å². The number of nitro groups is 1. The Morgan fingerprint density at radius 3 is 2.65 bits per heavy atom. The lowest BCUT2D eigenvalue weighted by Crippen LogP contribution is -2.14. The number of carbonyl (C=O) groups excluding carboxylic acids is 1. The molecule has 1 aromatic rings. The van der Waals surface area contributed by atoms with Crippen molar-refractivity contribution in [3.8, 4) is 0 Å². The number of nitro benzene ring substituents is 1. The molecule has 0 fully saturated rings. The van der Waals surface area contributed by atoms with E-state index in [-0.39, 0.29) is 11.7 Å². The molecular weight excluding hydrogens is 222 g/mol. The highest BCUT2D eigenvalue weighted by Crippen LogP contribution is 2.27. The monoisotopic (exact) mass is 237 g/mol. The van der Waals surface area contributed by atoms with Crippen molar-refractivity contribution in [2.75, 3.05) is 7.11 Å². The topological polar surface area (TPSA) is 69.4 Å². The predicted molar refractivity (Wildman–Crippen MR) is 62.9 cm³/mol. The number of carbonyl (C=O) groups is 1. The number of nitrogens with zero attached hydrogens (tertiary/aromatic N) is 1. The number of non-ortho nitro benzene ring substituents is 1. The van der Waals surface area contributed by atoms with Gasteiger partial charge in [0, 0.05) is 12.1 Å². The van der Waals surface area contributed by atoms with Gasteiger partial charge < -0.3 is 4.74 Å². The van der Waals surface area contributed by atoms with Gasteiger partial charge in [-0.2, -0.15) is 0 Å². The Morgan fingerprint density at radius 1 is 1.53 bits per heavy atom. The Kier molecular flexibility index (Phi) is 4.20. The number of aryl methyl sites for hydroxylation is 1. The number of rotatable bonds is 4. The van der Waals surface area contributed by atoms with Crippen molar-refractivity contribution in [2.45, 2.75) is 26.2 Å². The van der Waals surface area contributed by atoms with Gasteiger partial charge in [0.1, 0.15) is 0 Å². The van der Waals surface area contributed by atoms with Crippen LogP contribution >= 0.6 is 0 Å². The second kappa shape index (κ2) is 5.43. The van der Waals surface area contributed by atoms with Crippen LogP contribution in [0.2, 0.25) is 0 Å². The molecule has 0 saturated heterocycles. The Labute approximate surface area is 99.5 Å². The van der Waals surface area contributed by atoms with E-state index in [0.717, 1.165) is 5.56 Å². The number of ether oxygens (including phenoxy) is 1. The molecule has 5 heteroatoms. The molecule has 0 aliphatic rings. The summed E-state index contributed by atoms with van der Waals surface area (Å²) in [5.41, 5.74) is 1.51. The average Bonchev–Trinajstić information content (AvgIpc) is 2.31. The predicted octanol–water partition coefficient (Wildman–Crippen LogP) is 2.57. The van der Waals surface area contributed by atoms with E-state index in [4.69, 9.17) is 4.74 Å². The van der Waals surface area contributed by atoms with Crippen LogP contribution in [0.5, 0.6) is 0 Å². The fraction of sp³-hybridized carbons (Fsp3) is 0.417. The van der Waals surface area contributed by atoms with Crippen LogP contribution in [0.15, 0.2) is 18.2 Å². The highest BCUT2D eigenvalue weighted by Gasteiger charge is 2.23. The van der Waals surface area contributed by atoms with E-state index in [2.05, 4.69) is 0 Å². The second-order valence-electron chi connectivity index (χ2n) is 3.78. The van der Waals surface area contributed by atoms with Crippen molar-refractivity contribution < 1.29 is 14.5 Å². The molecule has 1 unspecified atom stereocenters. The molecule has 0 heterocycles. The van der Waals surface area contributed by atoms with Crippen LogP contribution in [0.3, 0.4) is 0 Å². The normalized spacial score (nSPS) is 11.9. The van der Waals surface area contributed by atoms with Crippen LogP contribution in [0.1, 0.15) is 30.4 Å². The van der Waals surface area contributed by atoms with Crippen LogP contribution in [0.25, 0.3) is 0 Å². The Morgan fingerprint density at radius 2 is 2.18 bits per heavy atom. The minimum absolute atomic E-state index is 0.00652. The Bertz CT molecular complexity index is 442. The van der Waals surface area contributed by atoms with Crippen molar-refractivity contribution in [2.24, 2.45) is 0 Å². The summed E-state index contributed by atoms with van der Waals surface area (Å²) in [4.78, 5) is 21.8. The van der Waals surface area contributed by atoms with E-state index in [0.29, 0.717) is 12.0 Å². The third-order valence-electron chi connectivity index (χ3n) is 2.74. The van der Waals surface area contributed by atoms with Gasteiger partial charge >= 0.3 is 5.97 Å². The molecule has 92 valence electrons. The van der Waals surface area contributed by atoms with Crippen LogP contribution in [-0.2, 0) is 9.53 Å². The smallest absolute Gasteiger partial charge is 0.313 e. The minimum atomic E-state index is -0.465. The first-order chi connectivity index (χ1) is 8.01. The molecule has 0 spiro atoms. The summed E-state index contributed by atoms with van der Waals surface area (Å²) in [6, 6.07) is 4.53. The summed E-state index contributed by atoms with van der Waals surface area (Å²) < 4.78 is 4.70. The fourth-order valence-corrected chi connectivity index (χ4v) is 1.77. The molecule has 0 aliphatic heterocycles. The molecule has 0 N–H and O–H groups in total. The summed E-state index contributed by atoms with van der Waals surface area (Å²) in [6.45, 7) is 3.67. The highest BCUT2D eigenvalue weighted by atomic mass is 16.6. The van der Waals surface area contributed by atoms with Crippen molar-refractivity contribution >= 4 is 11.7 Å². The van der Waals surface area contributed by atoms with E-state index in [1.165, 1.54) is 19.2 Å². The van der Waals surface area contributed by atoms with Crippen LogP contribution in [0, 0.1) is 17.0 Å². The molecule has 17 heavy (non-hydrogen) atoms. The molecule has 0 saturated carbocycles. The Hall–Kier alpha value is -1.91. The molecular formula is C12H15NO4. The molecule has 1 rings (SSSR count). The number of benzene rings is 1. The standard InChI is InChI=1S/C12H15NO4/c1-4-10(12(14)17-3)11-7-9(13(15)16)6-5-8(11)2/h5-7,10H,4H2,1-3H3. The quantitative estimate of drug-likeness (QED) is 0.458. The maximum atomic E-state index is 11.6. The highest BCUT2D eigenvalue weighted by molar-refractivity contribution is 5.78.